The summed E-state index contributed by atoms with van der Waals surface area (Å²) < 4.78 is 19.2. The van der Waals surface area contributed by atoms with Crippen molar-refractivity contribution in [2.24, 2.45) is 5.73 Å². The van der Waals surface area contributed by atoms with Crippen LogP contribution in [-0.4, -0.2) is 13.7 Å². The molecule has 1 atom stereocenters. The van der Waals surface area contributed by atoms with Crippen LogP contribution in [0.2, 0.25) is 0 Å². The van der Waals surface area contributed by atoms with Crippen LogP contribution >= 0.6 is 15.9 Å². The van der Waals surface area contributed by atoms with E-state index in [0.29, 0.717) is 22.3 Å². The van der Waals surface area contributed by atoms with Gasteiger partial charge in [-0.25, -0.2) is 4.39 Å². The van der Waals surface area contributed by atoms with Crippen LogP contribution in [0.15, 0.2) is 16.6 Å². The maximum Gasteiger partial charge on any atom is 0.133 e. The summed E-state index contributed by atoms with van der Waals surface area (Å²) in [5, 5.41) is 0. The first-order valence-electron chi connectivity index (χ1n) is 4.33. The maximum absolute atomic E-state index is 13.5. The van der Waals surface area contributed by atoms with E-state index in [9.17, 15) is 4.39 Å². The van der Waals surface area contributed by atoms with Crippen LogP contribution in [0.5, 0.6) is 5.75 Å². The lowest BCUT2D eigenvalue weighted by atomic mass is 10.0. The van der Waals surface area contributed by atoms with Gasteiger partial charge in [-0.1, -0.05) is 6.92 Å². The Morgan fingerprint density at radius 1 is 1.57 bits per heavy atom. The molecule has 4 heteroatoms. The highest BCUT2D eigenvalue weighted by atomic mass is 79.9. The monoisotopic (exact) mass is 261 g/mol. The van der Waals surface area contributed by atoms with Gasteiger partial charge in [0.15, 0.2) is 0 Å². The Hall–Kier alpha value is -0.610. The van der Waals surface area contributed by atoms with Crippen molar-refractivity contribution in [3.05, 3.63) is 28.0 Å². The van der Waals surface area contributed by atoms with Crippen molar-refractivity contribution in [3.8, 4) is 5.75 Å². The van der Waals surface area contributed by atoms with Crippen molar-refractivity contribution >= 4 is 15.9 Å². The maximum atomic E-state index is 13.5. The normalized spacial score (nSPS) is 12.6. The molecule has 0 aliphatic carbocycles. The summed E-state index contributed by atoms with van der Waals surface area (Å²) in [5.41, 5.74) is 6.07. The molecular formula is C10H13BrFNO. The number of halogens is 2. The lowest BCUT2D eigenvalue weighted by Gasteiger charge is -2.12. The SMILES string of the molecule is COc1cc(C(C)CN)c(F)cc1Br. The molecule has 0 heterocycles. The Kier molecular flexibility index (Phi) is 3.89. The van der Waals surface area contributed by atoms with Gasteiger partial charge in [0.05, 0.1) is 11.6 Å². The predicted octanol–water partition coefficient (Wildman–Crippen LogP) is 2.66. The molecule has 0 spiro atoms. The van der Waals surface area contributed by atoms with Crippen molar-refractivity contribution in [3.63, 3.8) is 0 Å². The number of rotatable bonds is 3. The molecule has 0 radical (unpaired) electrons. The molecule has 78 valence electrons. The Morgan fingerprint density at radius 3 is 2.71 bits per heavy atom. The van der Waals surface area contributed by atoms with Gasteiger partial charge in [0, 0.05) is 0 Å². The predicted molar refractivity (Wildman–Crippen MR) is 58.1 cm³/mol. The molecule has 2 nitrogen and oxygen atoms in total. The summed E-state index contributed by atoms with van der Waals surface area (Å²) in [6, 6.07) is 3.08. The molecule has 2 N–H and O–H groups in total. The zero-order valence-corrected chi connectivity index (χ0v) is 9.77. The van der Waals surface area contributed by atoms with Gasteiger partial charge in [-0.15, -0.1) is 0 Å². The van der Waals surface area contributed by atoms with E-state index < -0.39 is 0 Å². The highest BCUT2D eigenvalue weighted by Crippen LogP contribution is 2.30. The van der Waals surface area contributed by atoms with Gasteiger partial charge in [-0.2, -0.15) is 0 Å². The molecule has 0 bridgehead atoms. The molecular weight excluding hydrogens is 249 g/mol. The van der Waals surface area contributed by atoms with Crippen molar-refractivity contribution in [2.45, 2.75) is 12.8 Å². The van der Waals surface area contributed by atoms with Gasteiger partial charge >= 0.3 is 0 Å². The number of ether oxygens (including phenoxy) is 1. The summed E-state index contributed by atoms with van der Waals surface area (Å²) in [4.78, 5) is 0. The highest BCUT2D eigenvalue weighted by molar-refractivity contribution is 9.10. The number of methoxy groups -OCH3 is 1. The third kappa shape index (κ3) is 2.25. The Labute approximate surface area is 91.4 Å². The quantitative estimate of drug-likeness (QED) is 0.908. The molecule has 1 aromatic carbocycles. The minimum atomic E-state index is -0.254. The van der Waals surface area contributed by atoms with E-state index in [0.717, 1.165) is 0 Å². The van der Waals surface area contributed by atoms with E-state index in [4.69, 9.17) is 10.5 Å². The number of benzene rings is 1. The standard InChI is InChI=1S/C10H13BrFNO/c1-6(5-13)7-3-10(14-2)8(11)4-9(7)12/h3-4,6H,5,13H2,1-2H3. The molecule has 0 amide bonds. The van der Waals surface area contributed by atoms with Crippen molar-refractivity contribution in [1.29, 1.82) is 0 Å². The third-order valence-electron chi connectivity index (χ3n) is 2.16. The van der Waals surface area contributed by atoms with Crippen molar-refractivity contribution < 1.29 is 9.13 Å². The summed E-state index contributed by atoms with van der Waals surface area (Å²) >= 11 is 3.22. The van der Waals surface area contributed by atoms with Crippen LogP contribution in [0.3, 0.4) is 0 Å². The smallest absolute Gasteiger partial charge is 0.133 e. The molecule has 1 unspecified atom stereocenters. The number of nitrogens with two attached hydrogens (primary N) is 1. The lowest BCUT2D eigenvalue weighted by Crippen LogP contribution is -2.10. The largest absolute Gasteiger partial charge is 0.496 e. The second kappa shape index (κ2) is 4.75. The fourth-order valence-electron chi connectivity index (χ4n) is 1.21. The van der Waals surface area contributed by atoms with Crippen LogP contribution in [0, 0.1) is 5.82 Å². The first kappa shape index (κ1) is 11.5. The molecule has 0 aliphatic rings. The second-order valence-electron chi connectivity index (χ2n) is 3.15. The first-order valence-corrected chi connectivity index (χ1v) is 5.12. The third-order valence-corrected chi connectivity index (χ3v) is 2.78. The van der Waals surface area contributed by atoms with Crippen LogP contribution in [0.25, 0.3) is 0 Å². The molecule has 0 aromatic heterocycles. The van der Waals surface area contributed by atoms with E-state index >= 15 is 0 Å². The average Bonchev–Trinajstić information content (AvgIpc) is 2.17. The molecule has 0 fully saturated rings. The van der Waals surface area contributed by atoms with Gasteiger partial charge in [0.2, 0.25) is 0 Å². The highest BCUT2D eigenvalue weighted by Gasteiger charge is 2.13. The fraction of sp³-hybridized carbons (Fsp3) is 0.400. The van der Waals surface area contributed by atoms with Gasteiger partial charge in [0.25, 0.3) is 0 Å². The summed E-state index contributed by atoms with van der Waals surface area (Å²) in [6.07, 6.45) is 0. The number of hydrogen-bond acceptors (Lipinski definition) is 2. The van der Waals surface area contributed by atoms with E-state index in [1.54, 1.807) is 13.2 Å². The lowest BCUT2D eigenvalue weighted by molar-refractivity contribution is 0.409. The number of hydrogen-bond donors (Lipinski definition) is 1. The van der Waals surface area contributed by atoms with Crippen LogP contribution in [0.1, 0.15) is 18.4 Å². The van der Waals surface area contributed by atoms with Gasteiger partial charge in [-0.3, -0.25) is 0 Å². The molecule has 0 saturated carbocycles. The Morgan fingerprint density at radius 2 is 2.21 bits per heavy atom. The van der Waals surface area contributed by atoms with E-state index in [-0.39, 0.29) is 11.7 Å². The second-order valence-corrected chi connectivity index (χ2v) is 4.00. The minimum absolute atomic E-state index is 0.00278. The van der Waals surface area contributed by atoms with Gasteiger partial charge in [0.1, 0.15) is 11.6 Å². The Balaban J connectivity index is 3.17. The van der Waals surface area contributed by atoms with Crippen LogP contribution in [0.4, 0.5) is 4.39 Å². The van der Waals surface area contributed by atoms with Crippen LogP contribution < -0.4 is 10.5 Å². The summed E-state index contributed by atoms with van der Waals surface area (Å²) in [7, 11) is 1.55. The van der Waals surface area contributed by atoms with E-state index in [1.165, 1.54) is 6.07 Å². The average molecular weight is 262 g/mol. The van der Waals surface area contributed by atoms with Gasteiger partial charge in [-0.05, 0) is 46.1 Å². The molecule has 14 heavy (non-hydrogen) atoms. The molecule has 1 rings (SSSR count). The Bertz CT molecular complexity index is 330. The van der Waals surface area contributed by atoms with Crippen LogP contribution in [-0.2, 0) is 0 Å². The molecule has 0 saturated heterocycles. The van der Waals surface area contributed by atoms with E-state index in [2.05, 4.69) is 15.9 Å². The topological polar surface area (TPSA) is 35.2 Å². The van der Waals surface area contributed by atoms with Crippen molar-refractivity contribution in [1.82, 2.24) is 0 Å². The zero-order chi connectivity index (χ0) is 10.7. The van der Waals surface area contributed by atoms with Gasteiger partial charge < -0.3 is 10.5 Å². The first-order chi connectivity index (χ1) is 6.60. The molecule has 0 aliphatic heterocycles. The fourth-order valence-corrected chi connectivity index (χ4v) is 1.68. The summed E-state index contributed by atoms with van der Waals surface area (Å²) in [5.74, 6) is 0.370. The summed E-state index contributed by atoms with van der Waals surface area (Å²) in [6.45, 7) is 2.30. The molecule has 1 aromatic rings. The zero-order valence-electron chi connectivity index (χ0n) is 8.18. The van der Waals surface area contributed by atoms with E-state index in [1.807, 2.05) is 6.92 Å². The minimum Gasteiger partial charge on any atom is -0.496 e. The van der Waals surface area contributed by atoms with Crippen molar-refractivity contribution in [2.75, 3.05) is 13.7 Å².